The van der Waals surface area contributed by atoms with Crippen LogP contribution in [0.4, 0.5) is 0 Å². The van der Waals surface area contributed by atoms with Gasteiger partial charge in [-0.2, -0.15) is 0 Å². The molecule has 0 spiro atoms. The van der Waals surface area contributed by atoms with E-state index < -0.39 is 0 Å². The van der Waals surface area contributed by atoms with Crippen molar-refractivity contribution in [2.75, 3.05) is 39.5 Å². The molecule has 24 heavy (non-hydrogen) atoms. The predicted molar refractivity (Wildman–Crippen MR) is 88.6 cm³/mol. The van der Waals surface area contributed by atoms with Crippen molar-refractivity contribution in [3.8, 4) is 0 Å². The zero-order valence-electron chi connectivity index (χ0n) is 14.8. The molecule has 2 rings (SSSR count). The van der Waals surface area contributed by atoms with Crippen LogP contribution in [0, 0.1) is 0 Å². The summed E-state index contributed by atoms with van der Waals surface area (Å²) in [5.74, 6) is -0.00810. The molecule has 2 amide bonds. The van der Waals surface area contributed by atoms with Crippen molar-refractivity contribution in [3.05, 3.63) is 0 Å². The number of ether oxygens (including phenoxy) is 3. The number of amides is 2. The maximum Gasteiger partial charge on any atom is 0.252 e. The van der Waals surface area contributed by atoms with Gasteiger partial charge in [-0.3, -0.25) is 9.59 Å². The molecule has 0 aromatic rings. The lowest BCUT2D eigenvalue weighted by Gasteiger charge is -2.29. The zero-order chi connectivity index (χ0) is 17.4. The van der Waals surface area contributed by atoms with E-state index in [1.165, 1.54) is 0 Å². The van der Waals surface area contributed by atoms with Crippen LogP contribution in [-0.2, 0) is 23.8 Å². The van der Waals surface area contributed by atoms with Crippen LogP contribution >= 0.6 is 0 Å². The topological polar surface area (TPSA) is 77.1 Å². The third kappa shape index (κ3) is 5.72. The predicted octanol–water partition coefficient (Wildman–Crippen LogP) is 0.714. The number of rotatable bonds is 9. The highest BCUT2D eigenvalue weighted by atomic mass is 16.5. The molecule has 1 N–H and O–H groups in total. The van der Waals surface area contributed by atoms with Gasteiger partial charge in [0.2, 0.25) is 5.91 Å². The SMILES string of the molecule is CC(C)N(CCOCCNC(=O)C1CCCO1)C(=O)C1CCCO1. The van der Waals surface area contributed by atoms with E-state index in [0.29, 0.717) is 39.5 Å². The highest BCUT2D eigenvalue weighted by Gasteiger charge is 2.29. The Morgan fingerprint density at radius 1 is 1.12 bits per heavy atom. The first-order valence-electron chi connectivity index (χ1n) is 8.98. The lowest BCUT2D eigenvalue weighted by atomic mass is 10.2. The molecule has 2 heterocycles. The van der Waals surface area contributed by atoms with E-state index >= 15 is 0 Å². The van der Waals surface area contributed by atoms with Gasteiger partial charge in [0.05, 0.1) is 13.2 Å². The number of hydrogen-bond donors (Lipinski definition) is 1. The third-order valence-corrected chi connectivity index (χ3v) is 4.36. The second-order valence-corrected chi connectivity index (χ2v) is 6.53. The second kappa shape index (κ2) is 9.96. The molecule has 0 aromatic carbocycles. The van der Waals surface area contributed by atoms with Crippen molar-refractivity contribution in [2.45, 2.75) is 57.8 Å². The normalized spacial score (nSPS) is 23.6. The molecule has 2 saturated heterocycles. The van der Waals surface area contributed by atoms with E-state index in [4.69, 9.17) is 14.2 Å². The molecule has 7 nitrogen and oxygen atoms in total. The van der Waals surface area contributed by atoms with E-state index in [0.717, 1.165) is 25.7 Å². The van der Waals surface area contributed by atoms with E-state index in [9.17, 15) is 9.59 Å². The van der Waals surface area contributed by atoms with Crippen LogP contribution in [-0.4, -0.2) is 74.5 Å². The summed E-state index contributed by atoms with van der Waals surface area (Å²) in [5.41, 5.74) is 0. The van der Waals surface area contributed by atoms with Gasteiger partial charge in [-0.25, -0.2) is 0 Å². The van der Waals surface area contributed by atoms with Crippen molar-refractivity contribution < 1.29 is 23.8 Å². The second-order valence-electron chi connectivity index (χ2n) is 6.53. The first kappa shape index (κ1) is 19.1. The summed E-state index contributed by atoms with van der Waals surface area (Å²) in [6.07, 6.45) is 2.89. The molecular formula is C17H30N2O5. The fourth-order valence-corrected chi connectivity index (χ4v) is 2.99. The van der Waals surface area contributed by atoms with Crippen LogP contribution in [0.3, 0.4) is 0 Å². The smallest absolute Gasteiger partial charge is 0.252 e. The maximum absolute atomic E-state index is 12.4. The van der Waals surface area contributed by atoms with Crippen LogP contribution in [0.25, 0.3) is 0 Å². The summed E-state index contributed by atoms with van der Waals surface area (Å²) in [7, 11) is 0. The zero-order valence-corrected chi connectivity index (χ0v) is 14.8. The minimum Gasteiger partial charge on any atom is -0.378 e. The van der Waals surface area contributed by atoms with E-state index in [1.807, 2.05) is 13.8 Å². The molecule has 0 radical (unpaired) electrons. The van der Waals surface area contributed by atoms with Crippen LogP contribution in [0.15, 0.2) is 0 Å². The Labute approximate surface area is 144 Å². The van der Waals surface area contributed by atoms with Crippen molar-refractivity contribution in [3.63, 3.8) is 0 Å². The summed E-state index contributed by atoms with van der Waals surface area (Å²) < 4.78 is 16.3. The standard InChI is InChI=1S/C17H30N2O5/c1-13(2)19(17(21)15-6-4-10-24-15)8-12-22-11-7-18-16(20)14-5-3-9-23-14/h13-15H,3-12H2,1-2H3,(H,18,20). The minimum atomic E-state index is -0.300. The first-order chi connectivity index (χ1) is 11.6. The molecular weight excluding hydrogens is 312 g/mol. The molecule has 0 bridgehead atoms. The number of nitrogens with zero attached hydrogens (tertiary/aromatic N) is 1. The molecule has 0 saturated carbocycles. The molecule has 2 fully saturated rings. The van der Waals surface area contributed by atoms with Gasteiger partial charge < -0.3 is 24.4 Å². The lowest BCUT2D eigenvalue weighted by Crippen LogP contribution is -2.45. The van der Waals surface area contributed by atoms with E-state index in [2.05, 4.69) is 5.32 Å². The van der Waals surface area contributed by atoms with Crippen molar-refractivity contribution >= 4 is 11.8 Å². The summed E-state index contributed by atoms with van der Waals surface area (Å²) in [6, 6.07) is 0.115. The molecule has 2 aliphatic heterocycles. The molecule has 7 heteroatoms. The van der Waals surface area contributed by atoms with Gasteiger partial charge in [0.25, 0.3) is 5.91 Å². The van der Waals surface area contributed by atoms with Crippen LogP contribution < -0.4 is 5.32 Å². The van der Waals surface area contributed by atoms with Gasteiger partial charge in [-0.05, 0) is 39.5 Å². The summed E-state index contributed by atoms with van der Waals surface area (Å²) in [4.78, 5) is 26.0. The number of carbonyl (C=O) groups excluding carboxylic acids is 2. The fraction of sp³-hybridized carbons (Fsp3) is 0.882. The number of hydrogen-bond acceptors (Lipinski definition) is 5. The van der Waals surface area contributed by atoms with Crippen LogP contribution in [0.2, 0.25) is 0 Å². The number of carbonyl (C=O) groups is 2. The maximum atomic E-state index is 12.4. The molecule has 138 valence electrons. The molecule has 2 aliphatic rings. The van der Waals surface area contributed by atoms with Crippen molar-refractivity contribution in [1.82, 2.24) is 10.2 Å². The molecule has 2 atom stereocenters. The van der Waals surface area contributed by atoms with Gasteiger partial charge in [0, 0.05) is 32.3 Å². The Hall–Kier alpha value is -1.18. The molecule has 2 unspecified atom stereocenters. The summed E-state index contributed by atoms with van der Waals surface area (Å²) in [6.45, 7) is 7.20. The number of nitrogens with one attached hydrogen (secondary N) is 1. The minimum absolute atomic E-state index is 0.0535. The van der Waals surface area contributed by atoms with Crippen molar-refractivity contribution in [1.29, 1.82) is 0 Å². The van der Waals surface area contributed by atoms with Gasteiger partial charge in [-0.15, -0.1) is 0 Å². The largest absolute Gasteiger partial charge is 0.378 e. The highest BCUT2D eigenvalue weighted by Crippen LogP contribution is 2.16. The van der Waals surface area contributed by atoms with Crippen LogP contribution in [0.5, 0.6) is 0 Å². The Bertz CT molecular complexity index is 404. The highest BCUT2D eigenvalue weighted by molar-refractivity contribution is 5.81. The monoisotopic (exact) mass is 342 g/mol. The average molecular weight is 342 g/mol. The summed E-state index contributed by atoms with van der Waals surface area (Å²) >= 11 is 0. The fourth-order valence-electron chi connectivity index (χ4n) is 2.99. The van der Waals surface area contributed by atoms with Crippen LogP contribution in [0.1, 0.15) is 39.5 Å². The Morgan fingerprint density at radius 2 is 1.79 bits per heavy atom. The Kier molecular flexibility index (Phi) is 7.94. The third-order valence-electron chi connectivity index (χ3n) is 4.36. The van der Waals surface area contributed by atoms with Gasteiger partial charge >= 0.3 is 0 Å². The van der Waals surface area contributed by atoms with Crippen molar-refractivity contribution in [2.24, 2.45) is 0 Å². The first-order valence-corrected chi connectivity index (χ1v) is 8.98. The van der Waals surface area contributed by atoms with Gasteiger partial charge in [0.15, 0.2) is 0 Å². The quantitative estimate of drug-likeness (QED) is 0.625. The molecule has 0 aliphatic carbocycles. The average Bonchev–Trinajstić information content (AvgIpc) is 3.25. The molecule has 0 aromatic heterocycles. The Balaban J connectivity index is 1.58. The lowest BCUT2D eigenvalue weighted by molar-refractivity contribution is -0.143. The Morgan fingerprint density at radius 3 is 2.38 bits per heavy atom. The summed E-state index contributed by atoms with van der Waals surface area (Å²) in [5, 5.41) is 2.81. The van der Waals surface area contributed by atoms with E-state index in [1.54, 1.807) is 4.90 Å². The van der Waals surface area contributed by atoms with E-state index in [-0.39, 0.29) is 30.1 Å². The van der Waals surface area contributed by atoms with Gasteiger partial charge in [-0.1, -0.05) is 0 Å². The van der Waals surface area contributed by atoms with Gasteiger partial charge in [0.1, 0.15) is 12.2 Å².